The van der Waals surface area contributed by atoms with Crippen molar-refractivity contribution in [2.24, 2.45) is 5.92 Å². The standard InChI is InChI=1S/C19H20O3/c1-3-22-16-10-4-13(5-11-16)17-12-18(17)19(20)14-6-8-15(21-2)9-7-14/h4-11,17-18H,3,12H2,1-2H3. The van der Waals surface area contributed by atoms with Crippen molar-refractivity contribution in [2.75, 3.05) is 13.7 Å². The summed E-state index contributed by atoms with van der Waals surface area (Å²) in [5.41, 5.74) is 1.98. The van der Waals surface area contributed by atoms with Crippen LogP contribution in [0.15, 0.2) is 48.5 Å². The second-order valence-corrected chi connectivity index (χ2v) is 5.54. The highest BCUT2D eigenvalue weighted by Crippen LogP contribution is 2.49. The van der Waals surface area contributed by atoms with E-state index in [0.29, 0.717) is 12.5 Å². The Balaban J connectivity index is 1.66. The molecule has 1 aliphatic carbocycles. The van der Waals surface area contributed by atoms with E-state index in [9.17, 15) is 4.79 Å². The number of ether oxygens (including phenoxy) is 2. The second-order valence-electron chi connectivity index (χ2n) is 5.54. The van der Waals surface area contributed by atoms with Crippen molar-refractivity contribution < 1.29 is 14.3 Å². The van der Waals surface area contributed by atoms with Crippen LogP contribution < -0.4 is 9.47 Å². The van der Waals surface area contributed by atoms with Crippen molar-refractivity contribution in [3.8, 4) is 11.5 Å². The van der Waals surface area contributed by atoms with Gasteiger partial charge >= 0.3 is 0 Å². The Morgan fingerprint density at radius 1 is 1.05 bits per heavy atom. The Morgan fingerprint density at radius 3 is 2.27 bits per heavy atom. The van der Waals surface area contributed by atoms with Crippen LogP contribution in [0.25, 0.3) is 0 Å². The number of hydrogen-bond donors (Lipinski definition) is 0. The number of carbonyl (C=O) groups is 1. The van der Waals surface area contributed by atoms with Gasteiger partial charge in [0.2, 0.25) is 0 Å². The first-order valence-corrected chi connectivity index (χ1v) is 7.64. The quantitative estimate of drug-likeness (QED) is 0.753. The molecule has 114 valence electrons. The van der Waals surface area contributed by atoms with Gasteiger partial charge in [-0.05, 0) is 61.2 Å². The predicted molar refractivity (Wildman–Crippen MR) is 85.8 cm³/mol. The van der Waals surface area contributed by atoms with Crippen LogP contribution >= 0.6 is 0 Å². The Hall–Kier alpha value is -2.29. The minimum atomic E-state index is 0.103. The number of Topliss-reactive ketones (excluding diaryl/α,β-unsaturated/α-hetero) is 1. The molecular weight excluding hydrogens is 276 g/mol. The number of rotatable bonds is 6. The number of ketones is 1. The first kappa shape index (κ1) is 14.6. The highest BCUT2D eigenvalue weighted by Gasteiger charge is 2.43. The second kappa shape index (κ2) is 6.22. The molecular formula is C19H20O3. The van der Waals surface area contributed by atoms with E-state index in [-0.39, 0.29) is 11.7 Å². The zero-order valence-electron chi connectivity index (χ0n) is 12.9. The molecule has 0 heterocycles. The van der Waals surface area contributed by atoms with Gasteiger partial charge in [-0.15, -0.1) is 0 Å². The molecule has 2 unspecified atom stereocenters. The van der Waals surface area contributed by atoms with Crippen LogP contribution in [0.4, 0.5) is 0 Å². The van der Waals surface area contributed by atoms with Crippen LogP contribution in [0.3, 0.4) is 0 Å². The van der Waals surface area contributed by atoms with Gasteiger partial charge in [-0.1, -0.05) is 12.1 Å². The van der Waals surface area contributed by atoms with Gasteiger partial charge < -0.3 is 9.47 Å². The van der Waals surface area contributed by atoms with Crippen molar-refractivity contribution in [2.45, 2.75) is 19.3 Å². The van der Waals surface area contributed by atoms with Gasteiger partial charge in [0, 0.05) is 11.5 Å². The van der Waals surface area contributed by atoms with Crippen molar-refractivity contribution in [1.82, 2.24) is 0 Å². The predicted octanol–water partition coefficient (Wildman–Crippen LogP) is 4.08. The molecule has 3 nitrogen and oxygen atoms in total. The maximum Gasteiger partial charge on any atom is 0.166 e. The van der Waals surface area contributed by atoms with Crippen LogP contribution in [0.2, 0.25) is 0 Å². The number of methoxy groups -OCH3 is 1. The smallest absolute Gasteiger partial charge is 0.166 e. The van der Waals surface area contributed by atoms with Crippen LogP contribution in [0, 0.1) is 5.92 Å². The maximum atomic E-state index is 12.5. The molecule has 2 atom stereocenters. The molecule has 22 heavy (non-hydrogen) atoms. The summed E-state index contributed by atoms with van der Waals surface area (Å²) in [5, 5.41) is 0. The molecule has 1 saturated carbocycles. The fraction of sp³-hybridized carbons (Fsp3) is 0.316. The average molecular weight is 296 g/mol. The zero-order chi connectivity index (χ0) is 15.5. The van der Waals surface area contributed by atoms with E-state index in [1.807, 2.05) is 43.3 Å². The van der Waals surface area contributed by atoms with Gasteiger partial charge in [0.1, 0.15) is 11.5 Å². The third-order valence-corrected chi connectivity index (χ3v) is 4.12. The van der Waals surface area contributed by atoms with E-state index >= 15 is 0 Å². The maximum absolute atomic E-state index is 12.5. The molecule has 0 N–H and O–H groups in total. The topological polar surface area (TPSA) is 35.5 Å². The first-order valence-electron chi connectivity index (χ1n) is 7.64. The van der Waals surface area contributed by atoms with Crippen molar-refractivity contribution >= 4 is 5.78 Å². The van der Waals surface area contributed by atoms with Gasteiger partial charge in [0.15, 0.2) is 5.78 Å². The molecule has 0 aliphatic heterocycles. The minimum absolute atomic E-state index is 0.103. The summed E-state index contributed by atoms with van der Waals surface area (Å²) in [6, 6.07) is 15.4. The molecule has 0 amide bonds. The third kappa shape index (κ3) is 2.98. The minimum Gasteiger partial charge on any atom is -0.497 e. The van der Waals surface area contributed by atoms with Crippen LogP contribution in [-0.4, -0.2) is 19.5 Å². The number of hydrogen-bond acceptors (Lipinski definition) is 3. The first-order chi connectivity index (χ1) is 10.7. The highest BCUT2D eigenvalue weighted by atomic mass is 16.5. The lowest BCUT2D eigenvalue weighted by atomic mass is 10.0. The molecule has 0 saturated heterocycles. The summed E-state index contributed by atoms with van der Waals surface area (Å²) in [7, 11) is 1.62. The van der Waals surface area contributed by atoms with E-state index < -0.39 is 0 Å². The van der Waals surface area contributed by atoms with Gasteiger partial charge in [0.05, 0.1) is 13.7 Å². The summed E-state index contributed by atoms with van der Waals surface area (Å²) in [5.74, 6) is 2.32. The molecule has 0 aromatic heterocycles. The van der Waals surface area contributed by atoms with Crippen LogP contribution in [-0.2, 0) is 0 Å². The average Bonchev–Trinajstić information content (AvgIpc) is 3.36. The molecule has 0 radical (unpaired) electrons. The zero-order valence-corrected chi connectivity index (χ0v) is 12.9. The molecule has 2 aromatic carbocycles. The summed E-state index contributed by atoms with van der Waals surface area (Å²) in [6.07, 6.45) is 0.929. The monoisotopic (exact) mass is 296 g/mol. The lowest BCUT2D eigenvalue weighted by Gasteiger charge is -2.05. The SMILES string of the molecule is CCOc1ccc(C2CC2C(=O)c2ccc(OC)cc2)cc1. The summed E-state index contributed by atoms with van der Waals surface area (Å²) >= 11 is 0. The van der Waals surface area contributed by atoms with Gasteiger partial charge in [0.25, 0.3) is 0 Å². The fourth-order valence-corrected chi connectivity index (χ4v) is 2.80. The molecule has 2 aromatic rings. The third-order valence-electron chi connectivity index (χ3n) is 4.12. The lowest BCUT2D eigenvalue weighted by molar-refractivity contribution is 0.0965. The Kier molecular flexibility index (Phi) is 4.14. The molecule has 3 heteroatoms. The van der Waals surface area contributed by atoms with Crippen molar-refractivity contribution in [3.05, 3.63) is 59.7 Å². The summed E-state index contributed by atoms with van der Waals surface area (Å²) in [4.78, 5) is 12.5. The number of carbonyl (C=O) groups excluding carboxylic acids is 1. The van der Waals surface area contributed by atoms with E-state index in [1.165, 1.54) is 5.56 Å². The largest absolute Gasteiger partial charge is 0.497 e. The highest BCUT2D eigenvalue weighted by molar-refractivity contribution is 6.00. The normalized spacial score (nSPS) is 19.5. The van der Waals surface area contributed by atoms with Gasteiger partial charge in [-0.3, -0.25) is 4.79 Å². The van der Waals surface area contributed by atoms with Crippen molar-refractivity contribution in [1.29, 1.82) is 0 Å². The Labute approximate surface area is 130 Å². The Bertz CT molecular complexity index is 643. The van der Waals surface area contributed by atoms with E-state index in [1.54, 1.807) is 7.11 Å². The lowest BCUT2D eigenvalue weighted by Crippen LogP contribution is -2.03. The Morgan fingerprint density at radius 2 is 1.68 bits per heavy atom. The van der Waals surface area contributed by atoms with E-state index in [2.05, 4.69) is 12.1 Å². The van der Waals surface area contributed by atoms with E-state index in [4.69, 9.17) is 9.47 Å². The fourth-order valence-electron chi connectivity index (χ4n) is 2.80. The van der Waals surface area contributed by atoms with Crippen LogP contribution in [0.1, 0.15) is 35.2 Å². The molecule has 1 aliphatic rings. The van der Waals surface area contributed by atoms with Crippen LogP contribution in [0.5, 0.6) is 11.5 Å². The van der Waals surface area contributed by atoms with E-state index in [0.717, 1.165) is 23.5 Å². The molecule has 1 fully saturated rings. The number of benzene rings is 2. The molecule has 3 rings (SSSR count). The molecule has 0 bridgehead atoms. The summed E-state index contributed by atoms with van der Waals surface area (Å²) < 4.78 is 10.6. The van der Waals surface area contributed by atoms with Gasteiger partial charge in [-0.2, -0.15) is 0 Å². The van der Waals surface area contributed by atoms with Gasteiger partial charge in [-0.25, -0.2) is 0 Å². The summed E-state index contributed by atoms with van der Waals surface area (Å²) in [6.45, 7) is 2.64. The molecule has 0 spiro atoms. The van der Waals surface area contributed by atoms with Crippen molar-refractivity contribution in [3.63, 3.8) is 0 Å².